The van der Waals surface area contributed by atoms with Crippen LogP contribution in [0.25, 0.3) is 0 Å². The summed E-state index contributed by atoms with van der Waals surface area (Å²) in [5.74, 6) is 0.477. The first-order valence-corrected chi connectivity index (χ1v) is 3.37. The predicted octanol–water partition coefficient (Wildman–Crippen LogP) is -0.294. The second-order valence-electron chi connectivity index (χ2n) is 2.69. The van der Waals surface area contributed by atoms with Crippen LogP contribution in [0.3, 0.4) is 0 Å². The van der Waals surface area contributed by atoms with E-state index in [0.29, 0.717) is 12.5 Å². The molecule has 2 saturated heterocycles. The van der Waals surface area contributed by atoms with Crippen molar-refractivity contribution in [3.05, 3.63) is 0 Å². The van der Waals surface area contributed by atoms with E-state index in [-0.39, 0.29) is 12.3 Å². The van der Waals surface area contributed by atoms with Gasteiger partial charge in [0.15, 0.2) is 6.29 Å². The van der Waals surface area contributed by atoms with Gasteiger partial charge in [-0.2, -0.15) is 0 Å². The molecule has 0 spiro atoms. The van der Waals surface area contributed by atoms with E-state index in [4.69, 9.17) is 15.2 Å². The van der Waals surface area contributed by atoms with Crippen molar-refractivity contribution in [3.63, 3.8) is 0 Å². The minimum absolute atomic E-state index is 0.0278. The number of hydrogen-bond donors (Lipinski definition) is 1. The highest BCUT2D eigenvalue weighted by atomic mass is 16.7. The molecule has 3 nitrogen and oxygen atoms in total. The fourth-order valence-electron chi connectivity index (χ4n) is 1.50. The Kier molecular flexibility index (Phi) is 1.22. The molecule has 2 aliphatic rings. The van der Waals surface area contributed by atoms with E-state index in [1.54, 1.807) is 0 Å². The van der Waals surface area contributed by atoms with Gasteiger partial charge in [0.25, 0.3) is 0 Å². The molecule has 3 atom stereocenters. The molecule has 52 valence electrons. The molecule has 0 unspecified atom stereocenters. The van der Waals surface area contributed by atoms with Crippen LogP contribution in [0.15, 0.2) is 0 Å². The van der Waals surface area contributed by atoms with Gasteiger partial charge in [0.1, 0.15) is 0 Å². The average Bonchev–Trinajstić information content (AvgIpc) is 2.35. The molecule has 0 bridgehead atoms. The summed E-state index contributed by atoms with van der Waals surface area (Å²) in [7, 11) is 0. The molecule has 2 N–H and O–H groups in total. The van der Waals surface area contributed by atoms with Gasteiger partial charge >= 0.3 is 0 Å². The van der Waals surface area contributed by atoms with Crippen LogP contribution < -0.4 is 5.73 Å². The third kappa shape index (κ3) is 0.764. The van der Waals surface area contributed by atoms with Crippen molar-refractivity contribution in [2.24, 2.45) is 11.7 Å². The van der Waals surface area contributed by atoms with Crippen molar-refractivity contribution < 1.29 is 9.47 Å². The fourth-order valence-corrected chi connectivity index (χ4v) is 1.50. The van der Waals surface area contributed by atoms with Crippen molar-refractivity contribution in [1.29, 1.82) is 0 Å². The lowest BCUT2D eigenvalue weighted by Crippen LogP contribution is -2.28. The first-order valence-electron chi connectivity index (χ1n) is 3.37. The van der Waals surface area contributed by atoms with Gasteiger partial charge in [-0.05, 0) is 6.42 Å². The molecule has 0 radical (unpaired) electrons. The average molecular weight is 129 g/mol. The Hall–Kier alpha value is -0.120. The van der Waals surface area contributed by atoms with Crippen molar-refractivity contribution in [2.75, 3.05) is 13.2 Å². The maximum Gasteiger partial charge on any atom is 0.162 e. The quantitative estimate of drug-likeness (QED) is 0.488. The van der Waals surface area contributed by atoms with Crippen molar-refractivity contribution in [3.8, 4) is 0 Å². The molecule has 0 aromatic heterocycles. The van der Waals surface area contributed by atoms with Gasteiger partial charge in [-0.3, -0.25) is 0 Å². The SMILES string of the molecule is N[C@H]1CO[C@H]2OCC[C@H]21. The molecule has 3 heteroatoms. The van der Waals surface area contributed by atoms with Crippen LogP contribution in [0.4, 0.5) is 0 Å². The second kappa shape index (κ2) is 1.94. The summed E-state index contributed by atoms with van der Waals surface area (Å²) in [6.07, 6.45) is 1.10. The zero-order valence-corrected chi connectivity index (χ0v) is 5.25. The maximum atomic E-state index is 5.71. The van der Waals surface area contributed by atoms with Gasteiger partial charge in [0.05, 0.1) is 13.2 Å². The van der Waals surface area contributed by atoms with E-state index in [2.05, 4.69) is 0 Å². The van der Waals surface area contributed by atoms with E-state index in [9.17, 15) is 0 Å². The summed E-state index contributed by atoms with van der Waals surface area (Å²) < 4.78 is 10.5. The fraction of sp³-hybridized carbons (Fsp3) is 1.00. The monoisotopic (exact) mass is 129 g/mol. The summed E-state index contributed by atoms with van der Waals surface area (Å²) in [5.41, 5.74) is 5.71. The second-order valence-corrected chi connectivity index (χ2v) is 2.69. The molecular weight excluding hydrogens is 118 g/mol. The molecule has 2 fully saturated rings. The number of nitrogens with two attached hydrogens (primary N) is 1. The minimum atomic E-state index is 0.0278. The Labute approximate surface area is 54.1 Å². The van der Waals surface area contributed by atoms with Gasteiger partial charge in [0.2, 0.25) is 0 Å². The van der Waals surface area contributed by atoms with Crippen LogP contribution in [0.2, 0.25) is 0 Å². The highest BCUT2D eigenvalue weighted by Gasteiger charge is 2.39. The molecule has 0 aliphatic carbocycles. The van der Waals surface area contributed by atoms with Crippen LogP contribution in [0, 0.1) is 5.92 Å². The maximum absolute atomic E-state index is 5.71. The van der Waals surface area contributed by atoms with Crippen molar-refractivity contribution in [1.82, 2.24) is 0 Å². The predicted molar refractivity (Wildman–Crippen MR) is 31.8 cm³/mol. The van der Waals surface area contributed by atoms with E-state index >= 15 is 0 Å². The molecule has 0 amide bonds. The van der Waals surface area contributed by atoms with Gasteiger partial charge in [-0.25, -0.2) is 0 Å². The Bertz CT molecular complexity index is 118. The van der Waals surface area contributed by atoms with Gasteiger partial charge in [-0.15, -0.1) is 0 Å². The Morgan fingerprint density at radius 1 is 1.33 bits per heavy atom. The minimum Gasteiger partial charge on any atom is -0.352 e. The molecule has 2 rings (SSSR count). The van der Waals surface area contributed by atoms with Crippen LogP contribution in [0.1, 0.15) is 6.42 Å². The molecule has 0 aromatic carbocycles. The van der Waals surface area contributed by atoms with Gasteiger partial charge in [-0.1, -0.05) is 0 Å². The van der Waals surface area contributed by atoms with Crippen LogP contribution in [0.5, 0.6) is 0 Å². The lowest BCUT2D eigenvalue weighted by molar-refractivity contribution is -0.0905. The van der Waals surface area contributed by atoms with Crippen LogP contribution >= 0.6 is 0 Å². The van der Waals surface area contributed by atoms with E-state index in [0.717, 1.165) is 13.0 Å². The Balaban J connectivity index is 2.07. The highest BCUT2D eigenvalue weighted by molar-refractivity contribution is 4.84. The lowest BCUT2D eigenvalue weighted by Gasteiger charge is -2.07. The summed E-state index contributed by atoms with van der Waals surface area (Å²) >= 11 is 0. The first-order chi connectivity index (χ1) is 4.38. The van der Waals surface area contributed by atoms with E-state index in [1.807, 2.05) is 0 Å². The standard InChI is InChI=1S/C6H11NO2/c7-5-3-9-6-4(5)1-2-8-6/h4-6H,1-3,7H2/t4-,5-,6+/m0/s1. The molecule has 2 heterocycles. The smallest absolute Gasteiger partial charge is 0.162 e. The summed E-state index contributed by atoms with van der Waals surface area (Å²) in [4.78, 5) is 0. The Morgan fingerprint density at radius 2 is 2.22 bits per heavy atom. The normalized spacial score (nSPS) is 49.7. The van der Waals surface area contributed by atoms with Gasteiger partial charge < -0.3 is 15.2 Å². The highest BCUT2D eigenvalue weighted by Crippen LogP contribution is 2.29. The molecular formula is C6H11NO2. The topological polar surface area (TPSA) is 44.5 Å². The molecule has 0 saturated carbocycles. The van der Waals surface area contributed by atoms with Crippen LogP contribution in [-0.4, -0.2) is 25.5 Å². The van der Waals surface area contributed by atoms with Gasteiger partial charge in [0, 0.05) is 12.0 Å². The number of rotatable bonds is 0. The third-order valence-corrected chi connectivity index (χ3v) is 2.09. The van der Waals surface area contributed by atoms with Crippen molar-refractivity contribution in [2.45, 2.75) is 18.8 Å². The van der Waals surface area contributed by atoms with E-state index in [1.165, 1.54) is 0 Å². The van der Waals surface area contributed by atoms with Crippen molar-refractivity contribution >= 4 is 0 Å². The number of ether oxygens (including phenoxy) is 2. The Morgan fingerprint density at radius 3 is 3.00 bits per heavy atom. The zero-order valence-electron chi connectivity index (χ0n) is 5.25. The summed E-state index contributed by atoms with van der Waals surface area (Å²) in [6, 6.07) is 0.220. The first kappa shape index (κ1) is 5.65. The largest absolute Gasteiger partial charge is 0.352 e. The third-order valence-electron chi connectivity index (χ3n) is 2.09. The van der Waals surface area contributed by atoms with E-state index < -0.39 is 0 Å². The zero-order chi connectivity index (χ0) is 6.27. The van der Waals surface area contributed by atoms with Crippen LogP contribution in [-0.2, 0) is 9.47 Å². The molecule has 0 aromatic rings. The summed E-state index contributed by atoms with van der Waals surface area (Å²) in [6.45, 7) is 1.50. The number of hydrogen-bond acceptors (Lipinski definition) is 3. The summed E-state index contributed by atoms with van der Waals surface area (Å²) in [5, 5.41) is 0. The number of fused-ring (bicyclic) bond motifs is 1. The lowest BCUT2D eigenvalue weighted by atomic mass is 10.0. The molecule has 2 aliphatic heterocycles. The molecule has 9 heavy (non-hydrogen) atoms.